The molecule has 2 aromatic rings. The van der Waals surface area contributed by atoms with Gasteiger partial charge in [-0.25, -0.2) is 0 Å². The highest BCUT2D eigenvalue weighted by molar-refractivity contribution is 7.20. The molecule has 100 valence electrons. The SMILES string of the molecule is CC(CNC(=O)c1cc2ccccc2s1)C(N)=NO. The van der Waals surface area contributed by atoms with Crippen molar-refractivity contribution in [2.45, 2.75) is 6.92 Å². The van der Waals surface area contributed by atoms with Crippen LogP contribution < -0.4 is 11.1 Å². The van der Waals surface area contributed by atoms with E-state index in [1.807, 2.05) is 30.3 Å². The van der Waals surface area contributed by atoms with Crippen molar-refractivity contribution in [3.63, 3.8) is 0 Å². The van der Waals surface area contributed by atoms with E-state index in [1.165, 1.54) is 11.3 Å². The van der Waals surface area contributed by atoms with Gasteiger partial charge in [-0.1, -0.05) is 30.3 Å². The van der Waals surface area contributed by atoms with Crippen molar-refractivity contribution in [3.8, 4) is 0 Å². The normalized spacial score (nSPS) is 13.4. The van der Waals surface area contributed by atoms with E-state index in [4.69, 9.17) is 10.9 Å². The molecule has 0 saturated carbocycles. The maximum absolute atomic E-state index is 12.0. The number of hydrogen-bond acceptors (Lipinski definition) is 4. The summed E-state index contributed by atoms with van der Waals surface area (Å²) in [6, 6.07) is 9.71. The van der Waals surface area contributed by atoms with Crippen LogP contribution in [0.15, 0.2) is 35.5 Å². The van der Waals surface area contributed by atoms with Crippen molar-refractivity contribution in [1.82, 2.24) is 5.32 Å². The largest absolute Gasteiger partial charge is 0.409 e. The van der Waals surface area contributed by atoms with Gasteiger partial charge in [0.05, 0.1) is 4.88 Å². The second-order valence-corrected chi connectivity index (χ2v) is 5.37. The average Bonchev–Trinajstić information content (AvgIpc) is 2.87. The first-order valence-corrected chi connectivity index (χ1v) is 6.67. The van der Waals surface area contributed by atoms with Crippen LogP contribution >= 0.6 is 11.3 Å². The second kappa shape index (κ2) is 5.71. The van der Waals surface area contributed by atoms with Gasteiger partial charge < -0.3 is 16.3 Å². The molecule has 0 fully saturated rings. The average molecular weight is 277 g/mol. The highest BCUT2D eigenvalue weighted by Gasteiger charge is 2.13. The molecule has 0 aliphatic heterocycles. The predicted octanol–water partition coefficient (Wildman–Crippen LogP) is 2.01. The fraction of sp³-hybridized carbons (Fsp3) is 0.231. The number of nitrogens with two attached hydrogens (primary N) is 1. The summed E-state index contributed by atoms with van der Waals surface area (Å²) in [4.78, 5) is 12.6. The van der Waals surface area contributed by atoms with Gasteiger partial charge in [0.15, 0.2) is 0 Å². The zero-order valence-electron chi connectivity index (χ0n) is 10.5. The summed E-state index contributed by atoms with van der Waals surface area (Å²) in [7, 11) is 0. The molecule has 1 unspecified atom stereocenters. The number of oxime groups is 1. The number of thiophene rings is 1. The molecule has 0 saturated heterocycles. The molecular formula is C13H15N3O2S. The van der Waals surface area contributed by atoms with E-state index in [0.717, 1.165) is 10.1 Å². The molecule has 1 heterocycles. The number of hydrogen-bond donors (Lipinski definition) is 3. The van der Waals surface area contributed by atoms with Crippen LogP contribution in [0.3, 0.4) is 0 Å². The Hall–Kier alpha value is -2.08. The van der Waals surface area contributed by atoms with Gasteiger partial charge in [0.25, 0.3) is 5.91 Å². The third-order valence-corrected chi connectivity index (χ3v) is 3.95. The van der Waals surface area contributed by atoms with Crippen LogP contribution in [0.1, 0.15) is 16.6 Å². The summed E-state index contributed by atoms with van der Waals surface area (Å²) in [6.07, 6.45) is 0. The van der Waals surface area contributed by atoms with Crippen LogP contribution in [0.25, 0.3) is 10.1 Å². The minimum absolute atomic E-state index is 0.108. The number of fused-ring (bicyclic) bond motifs is 1. The molecule has 1 amide bonds. The van der Waals surface area contributed by atoms with Gasteiger partial charge in [-0.2, -0.15) is 0 Å². The number of carbonyl (C=O) groups excluding carboxylic acids is 1. The molecule has 6 heteroatoms. The standard InChI is InChI=1S/C13H15N3O2S/c1-8(12(14)16-18)7-15-13(17)11-6-9-4-2-3-5-10(9)19-11/h2-6,8,18H,7H2,1H3,(H2,14,16)(H,15,17). The molecule has 0 radical (unpaired) electrons. The monoisotopic (exact) mass is 277 g/mol. The van der Waals surface area contributed by atoms with Crippen molar-refractivity contribution in [3.05, 3.63) is 35.2 Å². The number of nitrogens with one attached hydrogen (secondary N) is 1. The highest BCUT2D eigenvalue weighted by atomic mass is 32.1. The Labute approximate surface area is 114 Å². The number of benzene rings is 1. The van der Waals surface area contributed by atoms with Crippen LogP contribution in [0.2, 0.25) is 0 Å². The Morgan fingerprint density at radius 1 is 1.53 bits per heavy atom. The van der Waals surface area contributed by atoms with Gasteiger partial charge in [-0.3, -0.25) is 4.79 Å². The van der Waals surface area contributed by atoms with E-state index in [9.17, 15) is 4.79 Å². The van der Waals surface area contributed by atoms with Gasteiger partial charge in [0.2, 0.25) is 0 Å². The molecule has 19 heavy (non-hydrogen) atoms. The van der Waals surface area contributed by atoms with Crippen molar-refractivity contribution in [2.75, 3.05) is 6.54 Å². The molecule has 1 aromatic heterocycles. The van der Waals surface area contributed by atoms with Crippen LogP contribution in [0.5, 0.6) is 0 Å². The Balaban J connectivity index is 2.04. The van der Waals surface area contributed by atoms with Crippen LogP contribution in [0.4, 0.5) is 0 Å². The molecule has 0 spiro atoms. The van der Waals surface area contributed by atoms with Crippen molar-refractivity contribution in [1.29, 1.82) is 0 Å². The molecule has 0 bridgehead atoms. The molecule has 2 rings (SSSR count). The maximum atomic E-state index is 12.0. The van der Waals surface area contributed by atoms with Crippen LogP contribution in [0, 0.1) is 5.92 Å². The Bertz CT molecular complexity index is 588. The quantitative estimate of drug-likeness (QED) is 0.346. The Morgan fingerprint density at radius 3 is 2.95 bits per heavy atom. The number of amides is 1. The summed E-state index contributed by atoms with van der Waals surface area (Å²) in [5.41, 5.74) is 5.45. The number of amidine groups is 1. The minimum atomic E-state index is -0.205. The van der Waals surface area contributed by atoms with Crippen molar-refractivity contribution >= 4 is 33.2 Å². The number of rotatable bonds is 4. The maximum Gasteiger partial charge on any atom is 0.261 e. The zero-order valence-corrected chi connectivity index (χ0v) is 11.3. The lowest BCUT2D eigenvalue weighted by Gasteiger charge is -2.09. The van der Waals surface area contributed by atoms with Gasteiger partial charge in [0.1, 0.15) is 5.84 Å². The van der Waals surface area contributed by atoms with Gasteiger partial charge >= 0.3 is 0 Å². The lowest BCUT2D eigenvalue weighted by molar-refractivity contribution is 0.0955. The molecule has 5 nitrogen and oxygen atoms in total. The number of nitrogens with zero attached hydrogens (tertiary/aromatic N) is 1. The molecule has 4 N–H and O–H groups in total. The van der Waals surface area contributed by atoms with E-state index >= 15 is 0 Å². The number of carbonyl (C=O) groups is 1. The second-order valence-electron chi connectivity index (χ2n) is 4.28. The van der Waals surface area contributed by atoms with Gasteiger partial charge in [0, 0.05) is 17.2 Å². The first kappa shape index (κ1) is 13.4. The fourth-order valence-corrected chi connectivity index (χ4v) is 2.61. The first-order valence-electron chi connectivity index (χ1n) is 5.86. The summed E-state index contributed by atoms with van der Waals surface area (Å²) < 4.78 is 1.08. The summed E-state index contributed by atoms with van der Waals surface area (Å²) in [6.45, 7) is 2.11. The lowest BCUT2D eigenvalue weighted by Crippen LogP contribution is -2.34. The van der Waals surface area contributed by atoms with Crippen molar-refractivity contribution < 1.29 is 10.0 Å². The summed E-state index contributed by atoms with van der Waals surface area (Å²) in [5.74, 6) is -0.237. The van der Waals surface area contributed by atoms with Gasteiger partial charge in [-0.15, -0.1) is 11.3 Å². The lowest BCUT2D eigenvalue weighted by atomic mass is 10.1. The highest BCUT2D eigenvalue weighted by Crippen LogP contribution is 2.24. The third kappa shape index (κ3) is 3.03. The third-order valence-electron chi connectivity index (χ3n) is 2.84. The van der Waals surface area contributed by atoms with Crippen LogP contribution in [-0.4, -0.2) is 23.5 Å². The Kier molecular flexibility index (Phi) is 4.01. The zero-order chi connectivity index (χ0) is 13.8. The van der Waals surface area contributed by atoms with Crippen molar-refractivity contribution in [2.24, 2.45) is 16.8 Å². The first-order chi connectivity index (χ1) is 9.11. The van der Waals surface area contributed by atoms with E-state index < -0.39 is 0 Å². The smallest absolute Gasteiger partial charge is 0.261 e. The summed E-state index contributed by atoms with van der Waals surface area (Å²) in [5, 5.41) is 15.3. The van der Waals surface area contributed by atoms with E-state index in [2.05, 4.69) is 10.5 Å². The predicted molar refractivity (Wildman–Crippen MR) is 76.7 cm³/mol. The summed E-state index contributed by atoms with van der Waals surface area (Å²) >= 11 is 1.45. The molecule has 1 aromatic carbocycles. The molecule has 1 atom stereocenters. The fourth-order valence-electron chi connectivity index (χ4n) is 1.63. The van der Waals surface area contributed by atoms with E-state index in [1.54, 1.807) is 6.92 Å². The molecule has 0 aliphatic carbocycles. The molecular weight excluding hydrogens is 262 g/mol. The van der Waals surface area contributed by atoms with E-state index in [-0.39, 0.29) is 17.7 Å². The topological polar surface area (TPSA) is 87.7 Å². The Morgan fingerprint density at radius 2 is 2.26 bits per heavy atom. The molecule has 0 aliphatic rings. The van der Waals surface area contributed by atoms with E-state index in [0.29, 0.717) is 11.4 Å². The minimum Gasteiger partial charge on any atom is -0.409 e. The van der Waals surface area contributed by atoms with Crippen LogP contribution in [-0.2, 0) is 0 Å². The van der Waals surface area contributed by atoms with Gasteiger partial charge in [-0.05, 0) is 17.5 Å².